The Kier molecular flexibility index (Phi) is 2.20. The van der Waals surface area contributed by atoms with Gasteiger partial charge in [-0.3, -0.25) is 0 Å². The first-order chi connectivity index (χ1) is 6.36. The molecule has 0 aromatic carbocycles. The molecule has 0 aliphatic heterocycles. The van der Waals surface area contributed by atoms with E-state index in [4.69, 9.17) is 10.4 Å². The molecule has 13 heavy (non-hydrogen) atoms. The Morgan fingerprint density at radius 1 is 1.08 bits per heavy atom. The monoisotopic (exact) mass is 182 g/mol. The van der Waals surface area contributed by atoms with Crippen LogP contribution >= 0.6 is 0 Å². The van der Waals surface area contributed by atoms with Crippen molar-refractivity contribution < 1.29 is 10.4 Å². The maximum atomic E-state index is 8.86. The molecular formula is C9H14N2O2. The van der Waals surface area contributed by atoms with Crippen LogP contribution in [-0.2, 0) is 0 Å². The average molecular weight is 182 g/mol. The van der Waals surface area contributed by atoms with Crippen LogP contribution in [0.5, 0.6) is 0 Å². The first kappa shape index (κ1) is 8.53. The van der Waals surface area contributed by atoms with Crippen LogP contribution < -0.4 is 0 Å². The summed E-state index contributed by atoms with van der Waals surface area (Å²) in [6.07, 6.45) is 5.05. The first-order valence-electron chi connectivity index (χ1n) is 4.79. The third kappa shape index (κ3) is 1.30. The molecule has 0 aromatic rings. The molecule has 2 atom stereocenters. The molecule has 0 spiro atoms. The molecule has 2 fully saturated rings. The van der Waals surface area contributed by atoms with E-state index >= 15 is 0 Å². The zero-order chi connectivity index (χ0) is 9.26. The lowest BCUT2D eigenvalue weighted by atomic mass is 9.70. The minimum Gasteiger partial charge on any atom is -0.411 e. The molecule has 2 rings (SSSR count). The van der Waals surface area contributed by atoms with Gasteiger partial charge in [0.2, 0.25) is 0 Å². The topological polar surface area (TPSA) is 65.2 Å². The highest BCUT2D eigenvalue weighted by Crippen LogP contribution is 2.36. The smallest absolute Gasteiger partial charge is 0.0689 e. The van der Waals surface area contributed by atoms with Gasteiger partial charge in [-0.1, -0.05) is 16.7 Å². The number of hydrogen-bond donors (Lipinski definition) is 2. The van der Waals surface area contributed by atoms with Crippen LogP contribution in [0.15, 0.2) is 10.3 Å². The van der Waals surface area contributed by atoms with Crippen molar-refractivity contribution in [2.24, 2.45) is 22.1 Å². The lowest BCUT2D eigenvalue weighted by Crippen LogP contribution is -2.39. The zero-order valence-electron chi connectivity index (χ0n) is 7.48. The molecule has 0 saturated heterocycles. The van der Waals surface area contributed by atoms with Crippen molar-refractivity contribution in [2.45, 2.75) is 32.1 Å². The van der Waals surface area contributed by atoms with E-state index in [-0.39, 0.29) is 5.92 Å². The van der Waals surface area contributed by atoms with E-state index in [1.54, 1.807) is 0 Å². The molecule has 4 heteroatoms. The van der Waals surface area contributed by atoms with Crippen LogP contribution in [-0.4, -0.2) is 21.8 Å². The van der Waals surface area contributed by atoms with Gasteiger partial charge < -0.3 is 10.4 Å². The van der Waals surface area contributed by atoms with E-state index in [0.717, 1.165) is 43.5 Å². The summed E-state index contributed by atoms with van der Waals surface area (Å²) in [4.78, 5) is 0. The fourth-order valence-electron chi connectivity index (χ4n) is 2.55. The van der Waals surface area contributed by atoms with E-state index < -0.39 is 0 Å². The molecule has 2 bridgehead atoms. The Balaban J connectivity index is 2.28. The van der Waals surface area contributed by atoms with Gasteiger partial charge in [0.05, 0.1) is 11.4 Å². The predicted octanol–water partition coefficient (Wildman–Crippen LogP) is 1.86. The number of hydrogen-bond acceptors (Lipinski definition) is 4. The summed E-state index contributed by atoms with van der Waals surface area (Å²) in [7, 11) is 0. The second-order valence-electron chi connectivity index (χ2n) is 3.84. The average Bonchev–Trinajstić information content (AvgIpc) is 2.17. The summed E-state index contributed by atoms with van der Waals surface area (Å²) < 4.78 is 0. The highest BCUT2D eigenvalue weighted by Gasteiger charge is 2.37. The van der Waals surface area contributed by atoms with Gasteiger partial charge in [0.25, 0.3) is 0 Å². The highest BCUT2D eigenvalue weighted by atomic mass is 16.4. The number of fused-ring (bicyclic) bond motifs is 2. The van der Waals surface area contributed by atoms with Gasteiger partial charge >= 0.3 is 0 Å². The van der Waals surface area contributed by atoms with Gasteiger partial charge in [0.15, 0.2) is 0 Å². The van der Waals surface area contributed by atoms with Crippen molar-refractivity contribution in [3.8, 4) is 0 Å². The molecule has 2 N–H and O–H groups in total. The predicted molar refractivity (Wildman–Crippen MR) is 48.5 cm³/mol. The Morgan fingerprint density at radius 2 is 1.92 bits per heavy atom. The number of rotatable bonds is 0. The first-order valence-corrected chi connectivity index (χ1v) is 4.79. The molecule has 72 valence electrons. The SMILES string of the molecule is ON=C1CCC2CCCC1C2=NO. The van der Waals surface area contributed by atoms with Crippen LogP contribution in [0, 0.1) is 11.8 Å². The van der Waals surface area contributed by atoms with Gasteiger partial charge in [-0.15, -0.1) is 0 Å². The molecular weight excluding hydrogens is 168 g/mol. The zero-order valence-corrected chi connectivity index (χ0v) is 7.48. The van der Waals surface area contributed by atoms with Crippen LogP contribution in [0.25, 0.3) is 0 Å². The molecule has 2 aliphatic carbocycles. The maximum absolute atomic E-state index is 8.86. The summed E-state index contributed by atoms with van der Waals surface area (Å²) >= 11 is 0. The van der Waals surface area contributed by atoms with Crippen molar-refractivity contribution in [1.29, 1.82) is 0 Å². The summed E-state index contributed by atoms with van der Waals surface area (Å²) in [6, 6.07) is 0. The highest BCUT2D eigenvalue weighted by molar-refractivity contribution is 6.10. The normalized spacial score (nSPS) is 39.7. The third-order valence-electron chi connectivity index (χ3n) is 3.22. The molecule has 0 aromatic heterocycles. The van der Waals surface area contributed by atoms with E-state index in [9.17, 15) is 0 Å². The van der Waals surface area contributed by atoms with Crippen molar-refractivity contribution >= 4 is 11.4 Å². The fraction of sp³-hybridized carbons (Fsp3) is 0.778. The van der Waals surface area contributed by atoms with Crippen LogP contribution in [0.4, 0.5) is 0 Å². The van der Waals surface area contributed by atoms with E-state index in [0.29, 0.717) is 5.92 Å². The second kappa shape index (κ2) is 3.36. The van der Waals surface area contributed by atoms with Crippen LogP contribution in [0.1, 0.15) is 32.1 Å². The summed E-state index contributed by atoms with van der Waals surface area (Å²) in [5, 5.41) is 24.3. The molecule has 0 heterocycles. The summed E-state index contributed by atoms with van der Waals surface area (Å²) in [6.45, 7) is 0. The lowest BCUT2D eigenvalue weighted by molar-refractivity contribution is 0.293. The Hall–Kier alpha value is -1.06. The molecule has 0 radical (unpaired) electrons. The standard InChI is InChI=1S/C9H14N2O2/c12-10-8-5-4-6-2-1-3-7(8)9(6)11-13/h6-7,12-13H,1-5H2. The minimum absolute atomic E-state index is 0.113. The quantitative estimate of drug-likeness (QED) is 0.443. The van der Waals surface area contributed by atoms with Crippen LogP contribution in [0.2, 0.25) is 0 Å². The van der Waals surface area contributed by atoms with Gasteiger partial charge in [-0.25, -0.2) is 0 Å². The maximum Gasteiger partial charge on any atom is 0.0689 e. The fourth-order valence-corrected chi connectivity index (χ4v) is 2.55. The Labute approximate surface area is 76.9 Å². The minimum atomic E-state index is 0.113. The van der Waals surface area contributed by atoms with E-state index in [1.807, 2.05) is 0 Å². The van der Waals surface area contributed by atoms with Gasteiger partial charge in [0.1, 0.15) is 0 Å². The van der Waals surface area contributed by atoms with Crippen molar-refractivity contribution in [3.05, 3.63) is 0 Å². The second-order valence-corrected chi connectivity index (χ2v) is 3.84. The van der Waals surface area contributed by atoms with Gasteiger partial charge in [-0.2, -0.15) is 0 Å². The van der Waals surface area contributed by atoms with Gasteiger partial charge in [0, 0.05) is 11.8 Å². The molecule has 0 amide bonds. The van der Waals surface area contributed by atoms with E-state index in [1.165, 1.54) is 0 Å². The number of nitrogens with zero attached hydrogens (tertiary/aromatic N) is 2. The van der Waals surface area contributed by atoms with E-state index in [2.05, 4.69) is 10.3 Å². The summed E-state index contributed by atoms with van der Waals surface area (Å²) in [5.74, 6) is 0.539. The molecule has 2 aliphatic rings. The largest absolute Gasteiger partial charge is 0.411 e. The summed E-state index contributed by atoms with van der Waals surface area (Å²) in [5.41, 5.74) is 1.63. The van der Waals surface area contributed by atoms with Crippen LogP contribution in [0.3, 0.4) is 0 Å². The molecule has 4 nitrogen and oxygen atoms in total. The van der Waals surface area contributed by atoms with Crippen molar-refractivity contribution in [2.75, 3.05) is 0 Å². The third-order valence-corrected chi connectivity index (χ3v) is 3.22. The number of oxime groups is 2. The van der Waals surface area contributed by atoms with Gasteiger partial charge in [-0.05, 0) is 25.7 Å². The molecule has 2 saturated carbocycles. The van der Waals surface area contributed by atoms with Crippen molar-refractivity contribution in [1.82, 2.24) is 0 Å². The molecule has 2 unspecified atom stereocenters. The van der Waals surface area contributed by atoms with Crippen molar-refractivity contribution in [3.63, 3.8) is 0 Å². The Bertz CT molecular complexity index is 260. The Morgan fingerprint density at radius 3 is 2.62 bits per heavy atom. The lowest BCUT2D eigenvalue weighted by Gasteiger charge is -2.35.